The van der Waals surface area contributed by atoms with Gasteiger partial charge >= 0.3 is 0 Å². The lowest BCUT2D eigenvalue weighted by molar-refractivity contribution is -0.164. The molecule has 4 N–H and O–H groups in total. The Morgan fingerprint density at radius 2 is 2.00 bits per heavy atom. The number of carbonyl (C=O) groups is 2. The van der Waals surface area contributed by atoms with Crippen molar-refractivity contribution >= 4 is 11.8 Å². The van der Waals surface area contributed by atoms with Crippen LogP contribution in [0.15, 0.2) is 0 Å². The largest absolute Gasteiger partial charge is 0.381 e. The Labute approximate surface area is 209 Å². The van der Waals surface area contributed by atoms with E-state index in [1.165, 1.54) is 0 Å². The van der Waals surface area contributed by atoms with Crippen LogP contribution < -0.4 is 16.4 Å². The van der Waals surface area contributed by atoms with Crippen molar-refractivity contribution in [3.8, 4) is 0 Å². The summed E-state index contributed by atoms with van der Waals surface area (Å²) in [5, 5.41) is 6.93. The van der Waals surface area contributed by atoms with Crippen LogP contribution in [0.4, 0.5) is 0 Å². The van der Waals surface area contributed by atoms with Gasteiger partial charge in [-0.1, -0.05) is 0 Å². The van der Waals surface area contributed by atoms with E-state index in [4.69, 9.17) is 15.2 Å². The molecule has 1 aliphatic carbocycles. The smallest absolute Gasteiger partial charge is 0.229 e. The van der Waals surface area contributed by atoms with Crippen LogP contribution in [0, 0.1) is 17.8 Å². The minimum Gasteiger partial charge on any atom is -0.381 e. The van der Waals surface area contributed by atoms with Gasteiger partial charge in [0.25, 0.3) is 0 Å². The number of rotatable bonds is 7. The summed E-state index contributed by atoms with van der Waals surface area (Å²) in [5.74, 6) is 0.185. The minimum atomic E-state index is -0.423. The molecule has 5 rings (SSSR count). The Morgan fingerprint density at radius 1 is 1.17 bits per heavy atom. The number of hydrogen-bond donors (Lipinski definition) is 3. The van der Waals surface area contributed by atoms with E-state index in [1.54, 1.807) is 7.11 Å². The van der Waals surface area contributed by atoms with Crippen molar-refractivity contribution in [2.45, 2.75) is 101 Å². The molecule has 9 heteroatoms. The monoisotopic (exact) mass is 491 g/mol. The van der Waals surface area contributed by atoms with Crippen molar-refractivity contribution in [2.75, 3.05) is 33.4 Å². The number of nitrogens with zero attached hydrogens (tertiary/aromatic N) is 2. The molecular formula is C26H45N5O4. The number of carbonyl (C=O) groups excluding carboxylic acids is 2. The second-order valence-electron chi connectivity index (χ2n) is 11.4. The lowest BCUT2D eigenvalue weighted by Crippen LogP contribution is -2.75. The molecule has 2 amide bonds. The molecule has 0 bridgehead atoms. The summed E-state index contributed by atoms with van der Waals surface area (Å²) in [6, 6.07) is 0. The van der Waals surface area contributed by atoms with Crippen LogP contribution in [0.2, 0.25) is 0 Å². The number of piperidine rings is 2. The van der Waals surface area contributed by atoms with Gasteiger partial charge in [0.05, 0.1) is 42.5 Å². The number of fused-ring (bicyclic) bond motifs is 2. The van der Waals surface area contributed by atoms with Gasteiger partial charge < -0.3 is 25.4 Å². The highest BCUT2D eigenvalue weighted by Gasteiger charge is 2.52. The first-order valence-corrected chi connectivity index (χ1v) is 14.0. The fourth-order valence-corrected chi connectivity index (χ4v) is 7.12. The van der Waals surface area contributed by atoms with Crippen LogP contribution in [0.1, 0.15) is 70.6 Å². The van der Waals surface area contributed by atoms with Crippen molar-refractivity contribution in [3.05, 3.63) is 0 Å². The van der Waals surface area contributed by atoms with E-state index in [1.807, 2.05) is 4.90 Å². The van der Waals surface area contributed by atoms with E-state index in [-0.39, 0.29) is 36.2 Å². The topological polar surface area (TPSA) is 109 Å². The highest BCUT2D eigenvalue weighted by molar-refractivity contribution is 5.84. The van der Waals surface area contributed by atoms with E-state index in [2.05, 4.69) is 15.5 Å². The number of amides is 2. The molecule has 4 saturated heterocycles. The fraction of sp³-hybridized carbons (Fsp3) is 0.923. The van der Waals surface area contributed by atoms with E-state index >= 15 is 0 Å². The summed E-state index contributed by atoms with van der Waals surface area (Å²) >= 11 is 0. The SMILES string of the molecule is COC1CCC(CCNC(=O)C2CC3C(=O)N4CCCCC4NC3N(CC3CCCO3)C2N)CC1. The lowest BCUT2D eigenvalue weighted by atomic mass is 9.80. The van der Waals surface area contributed by atoms with Gasteiger partial charge in [-0.2, -0.15) is 0 Å². The number of likely N-dealkylation sites (tertiary alicyclic amines) is 1. The lowest BCUT2D eigenvalue weighted by Gasteiger charge is -2.55. The van der Waals surface area contributed by atoms with Gasteiger partial charge in [-0.05, 0) is 76.5 Å². The Hall–Kier alpha value is -1.26. The Morgan fingerprint density at radius 3 is 2.74 bits per heavy atom. The van der Waals surface area contributed by atoms with Crippen molar-refractivity contribution in [3.63, 3.8) is 0 Å². The highest BCUT2D eigenvalue weighted by Crippen LogP contribution is 2.37. The van der Waals surface area contributed by atoms with Crippen molar-refractivity contribution in [1.29, 1.82) is 0 Å². The third-order valence-corrected chi connectivity index (χ3v) is 9.26. The van der Waals surface area contributed by atoms with E-state index in [0.29, 0.717) is 31.5 Å². The van der Waals surface area contributed by atoms with Gasteiger partial charge in [-0.3, -0.25) is 19.8 Å². The molecule has 0 aromatic heterocycles. The summed E-state index contributed by atoms with van der Waals surface area (Å²) in [6.45, 7) is 2.92. The van der Waals surface area contributed by atoms with Crippen molar-refractivity contribution in [1.82, 2.24) is 20.4 Å². The molecule has 6 unspecified atom stereocenters. The molecule has 0 radical (unpaired) electrons. The van der Waals surface area contributed by atoms with Crippen molar-refractivity contribution < 1.29 is 19.1 Å². The first-order chi connectivity index (χ1) is 17.0. The molecule has 0 spiro atoms. The molecule has 5 aliphatic rings. The Bertz CT molecular complexity index is 739. The average molecular weight is 492 g/mol. The van der Waals surface area contributed by atoms with E-state index in [0.717, 1.165) is 77.4 Å². The molecule has 9 nitrogen and oxygen atoms in total. The van der Waals surface area contributed by atoms with Crippen molar-refractivity contribution in [2.24, 2.45) is 23.5 Å². The summed E-state index contributed by atoms with van der Waals surface area (Å²) < 4.78 is 11.4. The fourth-order valence-electron chi connectivity index (χ4n) is 7.12. The maximum atomic E-state index is 13.6. The predicted molar refractivity (Wildman–Crippen MR) is 132 cm³/mol. The maximum Gasteiger partial charge on any atom is 0.229 e. The van der Waals surface area contributed by atoms with Crippen LogP contribution in [0.5, 0.6) is 0 Å². The standard InChI is InChI=1S/C26H45N5O4/c1-34-18-9-7-17(8-10-18)11-12-28-25(32)20-15-21-24(29-22-6-2-3-13-30(22)26(21)33)31(23(20)27)16-19-5-4-14-35-19/h17-24,29H,2-16,27H2,1H3,(H,28,32). The van der Waals surface area contributed by atoms with Crippen LogP contribution in [0.25, 0.3) is 0 Å². The molecule has 0 aromatic carbocycles. The third-order valence-electron chi connectivity index (χ3n) is 9.26. The number of hydrogen-bond acceptors (Lipinski definition) is 7. The first kappa shape index (κ1) is 25.4. The zero-order valence-corrected chi connectivity index (χ0v) is 21.3. The van der Waals surface area contributed by atoms with Gasteiger partial charge in [-0.15, -0.1) is 0 Å². The normalized spacial score (nSPS) is 40.3. The zero-order chi connectivity index (χ0) is 24.4. The summed E-state index contributed by atoms with van der Waals surface area (Å²) in [5.41, 5.74) is 6.80. The summed E-state index contributed by atoms with van der Waals surface area (Å²) in [6.07, 6.45) is 11.3. The Balaban J connectivity index is 1.23. The van der Waals surface area contributed by atoms with E-state index < -0.39 is 12.1 Å². The molecule has 0 aromatic rings. The molecule has 198 valence electrons. The second kappa shape index (κ2) is 11.4. The summed E-state index contributed by atoms with van der Waals surface area (Å²) in [4.78, 5) is 31.1. The number of nitrogens with two attached hydrogens (primary N) is 1. The maximum absolute atomic E-state index is 13.6. The van der Waals surface area contributed by atoms with Gasteiger partial charge in [-0.25, -0.2) is 0 Å². The third kappa shape index (κ3) is 5.54. The van der Waals surface area contributed by atoms with Crippen LogP contribution in [0.3, 0.4) is 0 Å². The molecular weight excluding hydrogens is 446 g/mol. The minimum absolute atomic E-state index is 0.00700. The second-order valence-corrected chi connectivity index (χ2v) is 11.4. The molecule has 4 aliphatic heterocycles. The van der Waals surface area contributed by atoms with Crippen LogP contribution in [-0.4, -0.2) is 85.7 Å². The molecule has 1 saturated carbocycles. The zero-order valence-electron chi connectivity index (χ0n) is 21.3. The molecule has 6 atom stereocenters. The number of nitrogens with one attached hydrogen (secondary N) is 2. The van der Waals surface area contributed by atoms with Gasteiger partial charge in [0.2, 0.25) is 11.8 Å². The average Bonchev–Trinajstić information content (AvgIpc) is 3.40. The van der Waals surface area contributed by atoms with Gasteiger partial charge in [0.15, 0.2) is 0 Å². The van der Waals surface area contributed by atoms with Gasteiger partial charge in [0, 0.05) is 33.4 Å². The quantitative estimate of drug-likeness (QED) is 0.493. The highest BCUT2D eigenvalue weighted by atomic mass is 16.5. The first-order valence-electron chi connectivity index (χ1n) is 14.0. The van der Waals surface area contributed by atoms with Gasteiger partial charge in [0.1, 0.15) is 0 Å². The van der Waals surface area contributed by atoms with Crippen LogP contribution in [-0.2, 0) is 19.1 Å². The summed E-state index contributed by atoms with van der Waals surface area (Å²) in [7, 11) is 1.79. The molecule has 35 heavy (non-hydrogen) atoms. The predicted octanol–water partition coefficient (Wildman–Crippen LogP) is 1.37. The number of ether oxygens (including phenoxy) is 2. The molecule has 4 heterocycles. The Kier molecular flexibility index (Phi) is 8.29. The van der Waals surface area contributed by atoms with Crippen LogP contribution >= 0.6 is 0 Å². The molecule has 5 fully saturated rings. The number of methoxy groups -OCH3 is 1. The van der Waals surface area contributed by atoms with E-state index in [9.17, 15) is 9.59 Å².